The fourth-order valence-corrected chi connectivity index (χ4v) is 4.46. The Morgan fingerprint density at radius 2 is 1.71 bits per heavy atom. The van der Waals surface area contributed by atoms with Crippen LogP contribution in [0.3, 0.4) is 0 Å². The Kier molecular flexibility index (Phi) is 7.60. The van der Waals surface area contributed by atoms with E-state index in [-0.39, 0.29) is 17.7 Å². The summed E-state index contributed by atoms with van der Waals surface area (Å²) in [4.78, 5) is 29.1. The number of carbonyl (C=O) groups is 2. The molecule has 184 valence electrons. The Labute approximate surface area is 204 Å². The van der Waals surface area contributed by atoms with Gasteiger partial charge in [-0.15, -0.1) is 0 Å². The molecular weight excluding hydrogens is 448 g/mol. The molecule has 1 aliphatic rings. The normalized spacial score (nSPS) is 14.3. The first-order valence-electron chi connectivity index (χ1n) is 11.6. The molecule has 0 saturated heterocycles. The molecule has 0 unspecified atom stereocenters. The van der Waals surface area contributed by atoms with Crippen molar-refractivity contribution < 1.29 is 28.2 Å². The number of hydrogen-bond donors (Lipinski definition) is 1. The number of hydrogen-bond acceptors (Lipinski definition) is 6. The molecule has 1 N–H and O–H groups in total. The van der Waals surface area contributed by atoms with Crippen LogP contribution in [-0.2, 0) is 4.79 Å². The molecule has 1 atom stereocenters. The van der Waals surface area contributed by atoms with E-state index in [1.807, 2.05) is 6.07 Å². The molecule has 4 rings (SSSR count). The van der Waals surface area contributed by atoms with Gasteiger partial charge in [-0.1, -0.05) is 25.0 Å². The zero-order valence-electron chi connectivity index (χ0n) is 20.2. The molecule has 8 nitrogen and oxygen atoms in total. The predicted octanol–water partition coefficient (Wildman–Crippen LogP) is 4.75. The van der Waals surface area contributed by atoms with E-state index in [2.05, 4.69) is 5.32 Å². The maximum atomic E-state index is 13.8. The highest BCUT2D eigenvalue weighted by Crippen LogP contribution is 2.37. The van der Waals surface area contributed by atoms with Crippen LogP contribution in [0.2, 0.25) is 0 Å². The molecule has 0 radical (unpaired) electrons. The third-order valence-corrected chi connectivity index (χ3v) is 6.21. The third-order valence-electron chi connectivity index (χ3n) is 6.21. The van der Waals surface area contributed by atoms with E-state index in [0.29, 0.717) is 28.5 Å². The number of furan rings is 1. The SMILES string of the molecule is COc1cccc([C@H](C(=O)NC2CCCC2)N(C(=O)c2ccco2)c2ccc(OC)c(OC)c2)c1. The van der Waals surface area contributed by atoms with Crippen molar-refractivity contribution in [2.45, 2.75) is 37.8 Å². The number of nitrogens with one attached hydrogen (secondary N) is 1. The first-order chi connectivity index (χ1) is 17.0. The highest BCUT2D eigenvalue weighted by molar-refractivity contribution is 6.08. The molecule has 3 aromatic rings. The molecule has 2 aromatic carbocycles. The van der Waals surface area contributed by atoms with Crippen molar-refractivity contribution in [3.63, 3.8) is 0 Å². The molecule has 1 saturated carbocycles. The lowest BCUT2D eigenvalue weighted by Gasteiger charge is -2.32. The van der Waals surface area contributed by atoms with E-state index in [1.165, 1.54) is 25.4 Å². The number of amides is 2. The van der Waals surface area contributed by atoms with Crippen molar-refractivity contribution in [1.29, 1.82) is 0 Å². The van der Waals surface area contributed by atoms with E-state index in [1.54, 1.807) is 55.6 Å². The number of ether oxygens (including phenoxy) is 3. The maximum absolute atomic E-state index is 13.8. The van der Waals surface area contributed by atoms with Crippen molar-refractivity contribution in [2.24, 2.45) is 0 Å². The lowest BCUT2D eigenvalue weighted by Crippen LogP contribution is -2.46. The third kappa shape index (κ3) is 5.26. The Morgan fingerprint density at radius 1 is 0.943 bits per heavy atom. The van der Waals surface area contributed by atoms with Gasteiger partial charge >= 0.3 is 0 Å². The Balaban J connectivity index is 1.86. The van der Waals surface area contributed by atoms with Gasteiger partial charge in [-0.25, -0.2) is 0 Å². The van der Waals surface area contributed by atoms with Gasteiger partial charge in [0.25, 0.3) is 5.91 Å². The summed E-state index contributed by atoms with van der Waals surface area (Å²) in [5.74, 6) is 0.898. The van der Waals surface area contributed by atoms with Crippen molar-refractivity contribution in [3.05, 3.63) is 72.2 Å². The van der Waals surface area contributed by atoms with Gasteiger partial charge in [0.2, 0.25) is 5.91 Å². The molecular formula is C27H30N2O6. The summed E-state index contributed by atoms with van der Waals surface area (Å²) in [6.45, 7) is 0. The van der Waals surface area contributed by atoms with Crippen LogP contribution in [0.5, 0.6) is 17.2 Å². The fourth-order valence-electron chi connectivity index (χ4n) is 4.46. The molecule has 1 aromatic heterocycles. The van der Waals surface area contributed by atoms with Crippen molar-refractivity contribution >= 4 is 17.5 Å². The number of nitrogens with zero attached hydrogens (tertiary/aromatic N) is 1. The largest absolute Gasteiger partial charge is 0.497 e. The Morgan fingerprint density at radius 3 is 2.37 bits per heavy atom. The van der Waals surface area contributed by atoms with Crippen LogP contribution in [-0.4, -0.2) is 39.2 Å². The second-order valence-electron chi connectivity index (χ2n) is 8.36. The van der Waals surface area contributed by atoms with E-state index in [9.17, 15) is 9.59 Å². The molecule has 2 amide bonds. The summed E-state index contributed by atoms with van der Waals surface area (Å²) in [5, 5.41) is 3.16. The van der Waals surface area contributed by atoms with Gasteiger partial charge in [0.15, 0.2) is 17.3 Å². The van der Waals surface area contributed by atoms with Crippen LogP contribution < -0.4 is 24.4 Å². The topological polar surface area (TPSA) is 90.2 Å². The number of methoxy groups -OCH3 is 3. The molecule has 1 aliphatic carbocycles. The highest BCUT2D eigenvalue weighted by Gasteiger charge is 2.36. The molecule has 0 bridgehead atoms. The van der Waals surface area contributed by atoms with E-state index in [0.717, 1.165) is 25.7 Å². The minimum atomic E-state index is -0.985. The summed E-state index contributed by atoms with van der Waals surface area (Å²) in [7, 11) is 4.62. The molecule has 35 heavy (non-hydrogen) atoms. The van der Waals surface area contributed by atoms with E-state index >= 15 is 0 Å². The summed E-state index contributed by atoms with van der Waals surface area (Å²) >= 11 is 0. The lowest BCUT2D eigenvalue weighted by molar-refractivity contribution is -0.123. The number of benzene rings is 2. The average molecular weight is 479 g/mol. The molecule has 0 spiro atoms. The summed E-state index contributed by atoms with van der Waals surface area (Å²) in [6.07, 6.45) is 5.40. The van der Waals surface area contributed by atoms with E-state index in [4.69, 9.17) is 18.6 Å². The van der Waals surface area contributed by atoms with Gasteiger partial charge in [-0.2, -0.15) is 0 Å². The predicted molar refractivity (Wildman–Crippen MR) is 131 cm³/mol. The summed E-state index contributed by atoms with van der Waals surface area (Å²) in [5.41, 5.74) is 1.06. The lowest BCUT2D eigenvalue weighted by atomic mass is 10.0. The minimum absolute atomic E-state index is 0.0709. The quantitative estimate of drug-likeness (QED) is 0.477. The van der Waals surface area contributed by atoms with Crippen LogP contribution in [0.15, 0.2) is 65.3 Å². The second kappa shape index (κ2) is 11.0. The van der Waals surface area contributed by atoms with Crippen LogP contribution in [0, 0.1) is 0 Å². The van der Waals surface area contributed by atoms with Gasteiger partial charge in [0.1, 0.15) is 11.8 Å². The number of rotatable bonds is 9. The molecule has 0 aliphatic heterocycles. The maximum Gasteiger partial charge on any atom is 0.294 e. The zero-order valence-corrected chi connectivity index (χ0v) is 20.2. The van der Waals surface area contributed by atoms with Gasteiger partial charge in [-0.3, -0.25) is 14.5 Å². The standard InChI is InChI=1S/C27H30N2O6/c1-32-21-11-6-8-18(16-21)25(26(30)28-19-9-4-5-10-19)29(27(31)23-12-7-15-35-23)20-13-14-22(33-2)24(17-20)34-3/h6-8,11-17,19,25H,4-5,9-10H2,1-3H3,(H,28,30)/t25-/m1/s1. The average Bonchev–Trinajstić information content (AvgIpc) is 3.61. The number of carbonyl (C=O) groups excluding carboxylic acids is 2. The zero-order chi connectivity index (χ0) is 24.8. The monoisotopic (exact) mass is 478 g/mol. The van der Waals surface area contributed by atoms with Gasteiger partial charge < -0.3 is 23.9 Å². The van der Waals surface area contributed by atoms with Gasteiger partial charge in [-0.05, 0) is 54.8 Å². The van der Waals surface area contributed by atoms with Crippen LogP contribution >= 0.6 is 0 Å². The summed E-state index contributed by atoms with van der Waals surface area (Å²) < 4.78 is 21.7. The van der Waals surface area contributed by atoms with Crippen LogP contribution in [0.1, 0.15) is 47.8 Å². The second-order valence-corrected chi connectivity index (χ2v) is 8.36. The summed E-state index contributed by atoms with van der Waals surface area (Å²) in [6, 6.07) is 14.6. The van der Waals surface area contributed by atoms with Gasteiger partial charge in [0, 0.05) is 17.8 Å². The van der Waals surface area contributed by atoms with Crippen molar-refractivity contribution in [2.75, 3.05) is 26.2 Å². The van der Waals surface area contributed by atoms with Crippen LogP contribution in [0.25, 0.3) is 0 Å². The fraction of sp³-hybridized carbons (Fsp3) is 0.333. The Bertz CT molecular complexity index is 1150. The Hall–Kier alpha value is -3.94. The first kappa shape index (κ1) is 24.2. The highest BCUT2D eigenvalue weighted by atomic mass is 16.5. The van der Waals surface area contributed by atoms with Crippen molar-refractivity contribution in [1.82, 2.24) is 5.32 Å². The molecule has 8 heteroatoms. The minimum Gasteiger partial charge on any atom is -0.497 e. The van der Waals surface area contributed by atoms with Crippen LogP contribution in [0.4, 0.5) is 5.69 Å². The number of anilines is 1. The smallest absolute Gasteiger partial charge is 0.294 e. The van der Waals surface area contributed by atoms with Gasteiger partial charge in [0.05, 0.1) is 27.6 Å². The van der Waals surface area contributed by atoms with E-state index < -0.39 is 11.9 Å². The first-order valence-corrected chi connectivity index (χ1v) is 11.6. The van der Waals surface area contributed by atoms with Crippen molar-refractivity contribution in [3.8, 4) is 17.2 Å². The molecule has 1 fully saturated rings. The molecule has 1 heterocycles.